The minimum atomic E-state index is -1.18. The summed E-state index contributed by atoms with van der Waals surface area (Å²) < 4.78 is 5.19. The number of pyridine rings is 1. The van der Waals surface area contributed by atoms with Crippen LogP contribution < -0.4 is 10.1 Å². The van der Waals surface area contributed by atoms with Gasteiger partial charge in [0, 0.05) is 12.2 Å². The lowest BCUT2D eigenvalue weighted by Crippen LogP contribution is -2.29. The number of rotatable bonds is 7. The Bertz CT molecular complexity index is 460. The van der Waals surface area contributed by atoms with Gasteiger partial charge >= 0.3 is 5.97 Å². The molecule has 1 rings (SSSR count). The highest BCUT2D eigenvalue weighted by atomic mass is 16.5. The summed E-state index contributed by atoms with van der Waals surface area (Å²) in [6.07, 6.45) is 1.89. The van der Waals surface area contributed by atoms with Gasteiger partial charge in [-0.15, -0.1) is 0 Å². The molecule has 0 aliphatic carbocycles. The molecular weight excluding hydrogens is 248 g/mol. The van der Waals surface area contributed by atoms with Crippen molar-refractivity contribution >= 4 is 11.9 Å². The molecule has 1 heterocycles. The van der Waals surface area contributed by atoms with Crippen LogP contribution in [0.3, 0.4) is 0 Å². The number of carboxylic acids is 1. The molecule has 0 unspecified atom stereocenters. The highest BCUT2D eigenvalue weighted by Gasteiger charge is 2.14. The molecule has 0 radical (unpaired) electrons. The van der Waals surface area contributed by atoms with Crippen LogP contribution in [-0.2, 0) is 4.79 Å². The van der Waals surface area contributed by atoms with Gasteiger partial charge in [-0.3, -0.25) is 4.79 Å². The van der Waals surface area contributed by atoms with Gasteiger partial charge < -0.3 is 15.2 Å². The van der Waals surface area contributed by atoms with Gasteiger partial charge in [0.05, 0.1) is 0 Å². The Balaban J connectivity index is 2.57. The molecule has 0 aliphatic heterocycles. The van der Waals surface area contributed by atoms with Crippen molar-refractivity contribution in [2.75, 3.05) is 13.2 Å². The molecule has 1 aromatic heterocycles. The molecule has 0 saturated heterocycles. The van der Waals surface area contributed by atoms with Crippen LogP contribution in [0.2, 0.25) is 0 Å². The number of nitrogens with zero attached hydrogens (tertiary/aromatic N) is 1. The zero-order chi connectivity index (χ0) is 14.3. The van der Waals surface area contributed by atoms with Crippen molar-refractivity contribution in [3.8, 4) is 5.75 Å². The molecule has 0 saturated carbocycles. The predicted molar refractivity (Wildman–Crippen MR) is 69.3 cm³/mol. The van der Waals surface area contributed by atoms with E-state index in [9.17, 15) is 9.59 Å². The standard InChI is InChI=1S/C13H18N2O4/c1-3-4-7-14-11(16)8-19-10-6-5-9(2)15-12(10)13(17)18/h5-6H,3-4,7-8H2,1-2H3,(H,14,16)(H,17,18). The number of hydrogen-bond donors (Lipinski definition) is 2. The van der Waals surface area contributed by atoms with Crippen LogP contribution in [0.5, 0.6) is 5.75 Å². The highest BCUT2D eigenvalue weighted by molar-refractivity contribution is 5.88. The minimum Gasteiger partial charge on any atom is -0.481 e. The summed E-state index contributed by atoms with van der Waals surface area (Å²) in [6.45, 7) is 4.10. The summed E-state index contributed by atoms with van der Waals surface area (Å²) in [5.41, 5.74) is 0.401. The molecule has 6 nitrogen and oxygen atoms in total. The van der Waals surface area contributed by atoms with Gasteiger partial charge in [0.2, 0.25) is 0 Å². The summed E-state index contributed by atoms with van der Waals surface area (Å²) in [5.74, 6) is -1.35. The Kier molecular flexibility index (Phi) is 5.78. The molecule has 0 fully saturated rings. The van der Waals surface area contributed by atoms with Crippen molar-refractivity contribution in [3.63, 3.8) is 0 Å². The number of aromatic carboxylic acids is 1. The molecule has 0 atom stereocenters. The first-order valence-electron chi connectivity index (χ1n) is 6.15. The van der Waals surface area contributed by atoms with Crippen LogP contribution in [-0.4, -0.2) is 35.1 Å². The second-order valence-electron chi connectivity index (χ2n) is 4.10. The molecule has 1 amide bonds. The van der Waals surface area contributed by atoms with E-state index in [2.05, 4.69) is 10.3 Å². The molecule has 0 spiro atoms. The van der Waals surface area contributed by atoms with Crippen LogP contribution in [0, 0.1) is 6.92 Å². The van der Waals surface area contributed by atoms with Crippen molar-refractivity contribution < 1.29 is 19.4 Å². The van der Waals surface area contributed by atoms with Crippen LogP contribution >= 0.6 is 0 Å². The zero-order valence-corrected chi connectivity index (χ0v) is 11.1. The van der Waals surface area contributed by atoms with Gasteiger partial charge in [0.25, 0.3) is 5.91 Å². The molecule has 0 aliphatic rings. The van der Waals surface area contributed by atoms with Gasteiger partial charge in [-0.25, -0.2) is 9.78 Å². The summed E-state index contributed by atoms with van der Waals surface area (Å²) in [4.78, 5) is 26.3. The van der Waals surface area contributed by atoms with Gasteiger partial charge in [0.15, 0.2) is 18.1 Å². The Morgan fingerprint density at radius 1 is 1.42 bits per heavy atom. The number of ether oxygens (including phenoxy) is 1. The van der Waals surface area contributed by atoms with Crippen molar-refractivity contribution in [1.82, 2.24) is 10.3 Å². The van der Waals surface area contributed by atoms with Crippen molar-refractivity contribution in [2.24, 2.45) is 0 Å². The lowest BCUT2D eigenvalue weighted by molar-refractivity contribution is -0.123. The van der Waals surface area contributed by atoms with Crippen molar-refractivity contribution in [1.29, 1.82) is 0 Å². The second-order valence-corrected chi connectivity index (χ2v) is 4.10. The van der Waals surface area contributed by atoms with E-state index >= 15 is 0 Å². The van der Waals surface area contributed by atoms with Crippen LogP contribution in [0.15, 0.2) is 12.1 Å². The quantitative estimate of drug-likeness (QED) is 0.728. The molecule has 104 valence electrons. The van der Waals surface area contributed by atoms with Crippen molar-refractivity contribution in [2.45, 2.75) is 26.7 Å². The number of hydrogen-bond acceptors (Lipinski definition) is 4. The maximum Gasteiger partial charge on any atom is 0.358 e. The summed E-state index contributed by atoms with van der Waals surface area (Å²) in [6, 6.07) is 3.14. The first-order valence-corrected chi connectivity index (χ1v) is 6.15. The zero-order valence-electron chi connectivity index (χ0n) is 11.1. The van der Waals surface area contributed by atoms with E-state index in [1.807, 2.05) is 6.92 Å². The smallest absolute Gasteiger partial charge is 0.358 e. The molecule has 0 bridgehead atoms. The number of aromatic nitrogens is 1. The monoisotopic (exact) mass is 266 g/mol. The average Bonchev–Trinajstić information content (AvgIpc) is 2.37. The largest absolute Gasteiger partial charge is 0.481 e. The Labute approximate surface area is 111 Å². The summed E-state index contributed by atoms with van der Waals surface area (Å²) in [7, 11) is 0. The van der Waals surface area contributed by atoms with Gasteiger partial charge in [-0.05, 0) is 25.5 Å². The molecule has 6 heteroatoms. The molecule has 0 aromatic carbocycles. The molecular formula is C13H18N2O4. The van der Waals surface area contributed by atoms with E-state index in [0.717, 1.165) is 12.8 Å². The molecule has 19 heavy (non-hydrogen) atoms. The number of aryl methyl sites for hydroxylation is 1. The maximum absolute atomic E-state index is 11.4. The van der Waals surface area contributed by atoms with E-state index in [0.29, 0.717) is 12.2 Å². The van der Waals surface area contributed by atoms with E-state index in [1.54, 1.807) is 13.0 Å². The molecule has 2 N–H and O–H groups in total. The third kappa shape index (κ3) is 4.95. The fraction of sp³-hybridized carbons (Fsp3) is 0.462. The van der Waals surface area contributed by atoms with Crippen LogP contribution in [0.25, 0.3) is 0 Å². The fourth-order valence-electron chi connectivity index (χ4n) is 1.41. The number of carbonyl (C=O) groups excluding carboxylic acids is 1. The number of carboxylic acid groups (broad SMARTS) is 1. The number of carbonyl (C=O) groups is 2. The number of unbranched alkanes of at least 4 members (excludes halogenated alkanes) is 1. The highest BCUT2D eigenvalue weighted by Crippen LogP contribution is 2.16. The van der Waals surface area contributed by atoms with Gasteiger partial charge in [-0.2, -0.15) is 0 Å². The van der Waals surface area contributed by atoms with Crippen LogP contribution in [0.1, 0.15) is 35.9 Å². The fourth-order valence-corrected chi connectivity index (χ4v) is 1.41. The second kappa shape index (κ2) is 7.35. The molecule has 1 aromatic rings. The lowest BCUT2D eigenvalue weighted by Gasteiger charge is -2.09. The first kappa shape index (κ1) is 14.9. The topological polar surface area (TPSA) is 88.5 Å². The first-order chi connectivity index (χ1) is 9.04. The Hall–Kier alpha value is -2.11. The maximum atomic E-state index is 11.4. The van der Waals surface area contributed by atoms with Crippen LogP contribution in [0.4, 0.5) is 0 Å². The lowest BCUT2D eigenvalue weighted by atomic mass is 10.3. The Morgan fingerprint density at radius 3 is 2.79 bits per heavy atom. The van der Waals surface area contributed by atoms with Gasteiger partial charge in [0.1, 0.15) is 0 Å². The third-order valence-corrected chi connectivity index (χ3v) is 2.41. The predicted octanol–water partition coefficient (Wildman–Crippen LogP) is 1.38. The number of amides is 1. The van der Waals surface area contributed by atoms with Crippen molar-refractivity contribution in [3.05, 3.63) is 23.5 Å². The SMILES string of the molecule is CCCCNC(=O)COc1ccc(C)nc1C(=O)O. The minimum absolute atomic E-state index is 0.101. The average molecular weight is 266 g/mol. The van der Waals surface area contributed by atoms with E-state index in [1.165, 1.54) is 6.07 Å². The summed E-state index contributed by atoms with van der Waals surface area (Å²) in [5, 5.41) is 11.7. The number of nitrogens with one attached hydrogen (secondary N) is 1. The third-order valence-electron chi connectivity index (χ3n) is 2.41. The summed E-state index contributed by atoms with van der Waals surface area (Å²) >= 11 is 0. The normalized spacial score (nSPS) is 10.0. The van der Waals surface area contributed by atoms with E-state index in [-0.39, 0.29) is 24.0 Å². The van der Waals surface area contributed by atoms with E-state index in [4.69, 9.17) is 9.84 Å². The Morgan fingerprint density at radius 2 is 2.16 bits per heavy atom. The van der Waals surface area contributed by atoms with E-state index < -0.39 is 5.97 Å². The van der Waals surface area contributed by atoms with Gasteiger partial charge in [-0.1, -0.05) is 13.3 Å².